The van der Waals surface area contributed by atoms with E-state index in [1.165, 1.54) is 0 Å². The topological polar surface area (TPSA) is 180 Å². The summed E-state index contributed by atoms with van der Waals surface area (Å²) in [5, 5.41) is 39.7. The van der Waals surface area contributed by atoms with Gasteiger partial charge in [-0.25, -0.2) is 14.6 Å². The summed E-state index contributed by atoms with van der Waals surface area (Å²) in [6.45, 7) is -0.548. The molecule has 1 saturated heterocycles. The van der Waals surface area contributed by atoms with Crippen molar-refractivity contribution < 1.29 is 34.8 Å². The zero-order valence-electron chi connectivity index (χ0n) is 10.6. The van der Waals surface area contributed by atoms with Crippen molar-refractivity contribution in [1.29, 1.82) is 0 Å². The number of hydrogen-bond donors (Lipinski definition) is 6. The quantitative estimate of drug-likeness (QED) is 0.335. The van der Waals surface area contributed by atoms with Crippen molar-refractivity contribution in [3.63, 3.8) is 0 Å². The average molecular weight is 306 g/mol. The molecule has 2 heterocycles. The third-order valence-electron chi connectivity index (χ3n) is 3.03. The second-order valence-electron chi connectivity index (χ2n) is 4.37. The van der Waals surface area contributed by atoms with Crippen LogP contribution in [-0.2, 0) is 4.74 Å². The highest BCUT2D eigenvalue weighted by Gasteiger charge is 2.44. The summed E-state index contributed by atoms with van der Waals surface area (Å²) in [5.41, 5.74) is 4.45. The number of carboxylic acids is 1. The van der Waals surface area contributed by atoms with Gasteiger partial charge in [0.1, 0.15) is 18.3 Å². The predicted molar refractivity (Wildman–Crippen MR) is 65.4 cm³/mol. The zero-order chi connectivity index (χ0) is 15.7. The third kappa shape index (κ3) is 2.67. The number of anilines is 1. The fourth-order valence-electron chi connectivity index (χ4n) is 2.06. The number of amides is 2. The Morgan fingerprint density at radius 2 is 2.24 bits per heavy atom. The van der Waals surface area contributed by atoms with Crippen LogP contribution in [0.3, 0.4) is 0 Å². The molecule has 116 valence electrons. The lowest BCUT2D eigenvalue weighted by Gasteiger charge is -2.18. The van der Waals surface area contributed by atoms with Crippen LogP contribution in [0, 0.1) is 0 Å². The van der Waals surface area contributed by atoms with Gasteiger partial charge in [-0.3, -0.25) is 9.88 Å². The van der Waals surface area contributed by atoms with Gasteiger partial charge >= 0.3 is 12.0 Å². The van der Waals surface area contributed by atoms with E-state index in [1.54, 1.807) is 0 Å². The van der Waals surface area contributed by atoms with E-state index < -0.39 is 48.8 Å². The summed E-state index contributed by atoms with van der Waals surface area (Å²) in [6, 6.07) is -1.04. The second kappa shape index (κ2) is 5.65. The molecule has 11 heteroatoms. The normalized spacial score (nSPS) is 28.5. The van der Waals surface area contributed by atoms with E-state index in [2.05, 4.69) is 10.3 Å². The molecule has 1 aromatic rings. The zero-order valence-corrected chi connectivity index (χ0v) is 10.6. The van der Waals surface area contributed by atoms with E-state index in [0.717, 1.165) is 10.9 Å². The molecule has 0 spiro atoms. The monoisotopic (exact) mass is 306 g/mol. The number of aromatic nitrogens is 2. The highest BCUT2D eigenvalue weighted by atomic mass is 18.2. The number of nitrogens with zero attached hydrogens (tertiary/aromatic N) is 2. The van der Waals surface area contributed by atoms with Crippen molar-refractivity contribution in [2.24, 2.45) is 5.73 Å². The number of imidazole rings is 1. The number of carbonyl (C=O) groups excluding carboxylic acids is 1. The van der Waals surface area contributed by atoms with Gasteiger partial charge in [-0.05, 0) is 0 Å². The molecule has 0 radical (unpaired) electrons. The van der Waals surface area contributed by atoms with Crippen molar-refractivity contribution >= 4 is 17.8 Å². The van der Waals surface area contributed by atoms with Gasteiger partial charge in [-0.1, -0.05) is 0 Å². The molecular weight excluding hydrogens is 292 g/mol. The minimum Gasteiger partial charge on any atom is -0.476 e. The number of urea groups is 1. The van der Waals surface area contributed by atoms with Crippen molar-refractivity contribution in [3.05, 3.63) is 12.0 Å². The smallest absolute Gasteiger partial charge is 0.358 e. The first-order valence-corrected chi connectivity index (χ1v) is 5.85. The first-order chi connectivity index (χ1) is 9.86. The van der Waals surface area contributed by atoms with Crippen LogP contribution in [0.4, 0.5) is 10.6 Å². The number of carbonyl (C=O) groups is 2. The highest BCUT2D eigenvalue weighted by molar-refractivity contribution is 5.97. The van der Waals surface area contributed by atoms with Crippen molar-refractivity contribution in [3.8, 4) is 0 Å². The largest absolute Gasteiger partial charge is 0.476 e. The highest BCUT2D eigenvalue weighted by Crippen LogP contribution is 2.32. The lowest BCUT2D eigenvalue weighted by molar-refractivity contribution is -0.0518. The molecule has 0 aromatic carbocycles. The number of ether oxygens (including phenoxy) is 1. The first-order valence-electron chi connectivity index (χ1n) is 5.85. The summed E-state index contributed by atoms with van der Waals surface area (Å²) in [7, 11) is 0. The Kier molecular flexibility index (Phi) is 4.09. The maximum atomic E-state index is 11.0. The molecular formula is C10H14N4O7. The molecule has 1 aromatic heterocycles. The Morgan fingerprint density at radius 1 is 1.57 bits per heavy atom. The van der Waals surface area contributed by atoms with Crippen LogP contribution in [0.2, 0.25) is 0 Å². The molecule has 7 N–H and O–H groups in total. The minimum atomic E-state index is -1.45. The van der Waals surface area contributed by atoms with Crippen molar-refractivity contribution in [2.45, 2.75) is 24.5 Å². The maximum Gasteiger partial charge on any atom is 0.358 e. The molecule has 2 rings (SSSR count). The van der Waals surface area contributed by atoms with Gasteiger partial charge in [0.15, 0.2) is 17.7 Å². The Bertz CT molecular complexity index is 560. The fourth-order valence-corrected chi connectivity index (χ4v) is 2.06. The summed E-state index contributed by atoms with van der Waals surface area (Å²) in [6.07, 6.45) is -4.11. The maximum absolute atomic E-state index is 11.0. The molecule has 0 bridgehead atoms. The first kappa shape index (κ1) is 15.2. The Labute approximate surface area is 117 Å². The van der Waals surface area contributed by atoms with E-state index in [4.69, 9.17) is 20.7 Å². The summed E-state index contributed by atoms with van der Waals surface area (Å²) >= 11 is 0. The molecule has 0 saturated carbocycles. The molecule has 21 heavy (non-hydrogen) atoms. The van der Waals surface area contributed by atoms with Gasteiger partial charge in [-0.2, -0.15) is 0 Å². The lowest BCUT2D eigenvalue weighted by Crippen LogP contribution is -2.33. The molecule has 1 aliphatic heterocycles. The molecule has 1 aliphatic rings. The number of rotatable bonds is 4. The average Bonchev–Trinajstić information content (AvgIpc) is 2.92. The molecule has 2 amide bonds. The van der Waals surface area contributed by atoms with Crippen molar-refractivity contribution in [2.75, 3.05) is 11.9 Å². The summed E-state index contributed by atoms with van der Waals surface area (Å²) in [5.74, 6) is -1.73. The molecule has 0 unspecified atom stereocenters. The van der Waals surface area contributed by atoms with Gasteiger partial charge in [0.05, 0.1) is 12.9 Å². The number of primary amides is 1. The second-order valence-corrected chi connectivity index (χ2v) is 4.37. The summed E-state index contributed by atoms with van der Waals surface area (Å²) in [4.78, 5) is 25.6. The molecule has 11 nitrogen and oxygen atoms in total. The van der Waals surface area contributed by atoms with E-state index in [-0.39, 0.29) is 5.82 Å². The Hall–Kier alpha value is -2.21. The number of aromatic carboxylic acids is 1. The van der Waals surface area contributed by atoms with Crippen LogP contribution in [0.5, 0.6) is 0 Å². The number of nitrogens with one attached hydrogen (secondary N) is 1. The Morgan fingerprint density at radius 3 is 2.71 bits per heavy atom. The van der Waals surface area contributed by atoms with Gasteiger partial charge in [0.25, 0.3) is 0 Å². The van der Waals surface area contributed by atoms with Gasteiger partial charge in [0.2, 0.25) is 0 Å². The number of aliphatic hydroxyl groups is 3. The fraction of sp³-hybridized carbons (Fsp3) is 0.500. The summed E-state index contributed by atoms with van der Waals surface area (Å²) < 4.78 is 6.24. The standard InChI is InChI=1S/C10H14N4O7/c11-10(20)13-7-4(9(18)19)12-2-14(7)8-6(17)5(16)3(1-15)21-8/h2-3,5-6,8,15-17H,1H2,(H,18,19)(H3,11,13,20)/t3-,5-,6-,8-/m1/s1/i18+2,20+2. The van der Waals surface area contributed by atoms with E-state index >= 15 is 0 Å². The number of aliphatic hydroxyl groups excluding tert-OH is 3. The van der Waals surface area contributed by atoms with Gasteiger partial charge in [0, 0.05) is 0 Å². The van der Waals surface area contributed by atoms with Crippen LogP contribution in [0.25, 0.3) is 0 Å². The van der Waals surface area contributed by atoms with Gasteiger partial charge < -0.3 is 30.9 Å². The van der Waals surface area contributed by atoms with Crippen LogP contribution < -0.4 is 11.1 Å². The molecule has 4 atom stereocenters. The number of carboxylic acid groups (broad SMARTS) is 1. The van der Waals surface area contributed by atoms with Crippen molar-refractivity contribution in [1.82, 2.24) is 9.55 Å². The molecule has 0 aliphatic carbocycles. The number of nitrogens with two attached hydrogens (primary N) is 1. The van der Waals surface area contributed by atoms with Gasteiger partial charge in [-0.15, -0.1) is 0 Å². The number of hydrogen-bond acceptors (Lipinski definition) is 7. The van der Waals surface area contributed by atoms with E-state index in [0.29, 0.717) is 0 Å². The van der Waals surface area contributed by atoms with Crippen LogP contribution in [0.15, 0.2) is 6.33 Å². The minimum absolute atomic E-state index is 0.301. The SMILES string of the molecule is NC(=[18O])Nc1c(C(=O)[18OH])ncn1[C@@H]1O[C@H](CO)[C@@H](O)[C@H]1O. The Balaban J connectivity index is 2.40. The third-order valence-corrected chi connectivity index (χ3v) is 3.03. The van der Waals surface area contributed by atoms with Crippen LogP contribution in [0.1, 0.15) is 16.7 Å². The van der Waals surface area contributed by atoms with Crippen LogP contribution >= 0.6 is 0 Å². The van der Waals surface area contributed by atoms with E-state index in [1.807, 2.05) is 0 Å². The van der Waals surface area contributed by atoms with E-state index in [9.17, 15) is 19.8 Å². The van der Waals surface area contributed by atoms with Crippen LogP contribution in [-0.4, -0.2) is 66.9 Å². The predicted octanol–water partition coefficient (Wildman–Crippen LogP) is -2.32. The molecule has 1 fully saturated rings. The lowest BCUT2D eigenvalue weighted by atomic mass is 10.1.